The van der Waals surface area contributed by atoms with Crippen molar-refractivity contribution in [1.82, 2.24) is 10.2 Å². The molecule has 8 heteroatoms. The zero-order valence-corrected chi connectivity index (χ0v) is 16.3. The number of phenols is 1. The molecule has 28 heavy (non-hydrogen) atoms. The van der Waals surface area contributed by atoms with Gasteiger partial charge in [-0.1, -0.05) is 34.1 Å². The number of ether oxygens (including phenoxy) is 2. The number of aromatic hydroxyl groups is 1. The third-order valence-corrected chi connectivity index (χ3v) is 5.14. The Labute approximate surface area is 169 Å². The summed E-state index contributed by atoms with van der Waals surface area (Å²) in [7, 11) is 1.47. The smallest absolute Gasteiger partial charge is 0.244 e. The molecule has 1 aliphatic heterocycles. The SMILES string of the molecule is COc1ccc([C@H]2C(C#N)=C(N)Oc3n[nH]c(-c4ccc(Br)cc4)c32)cc1O. The van der Waals surface area contributed by atoms with Crippen molar-refractivity contribution < 1.29 is 14.6 Å². The molecule has 0 saturated carbocycles. The molecule has 3 aromatic rings. The zero-order valence-electron chi connectivity index (χ0n) is 14.7. The second kappa shape index (κ2) is 6.94. The lowest BCUT2D eigenvalue weighted by atomic mass is 9.83. The van der Waals surface area contributed by atoms with Gasteiger partial charge >= 0.3 is 0 Å². The van der Waals surface area contributed by atoms with Gasteiger partial charge in [0.1, 0.15) is 11.6 Å². The van der Waals surface area contributed by atoms with E-state index in [1.54, 1.807) is 18.2 Å². The Bertz CT molecular complexity index is 1130. The summed E-state index contributed by atoms with van der Waals surface area (Å²) in [6.07, 6.45) is 0. The van der Waals surface area contributed by atoms with E-state index in [0.29, 0.717) is 28.5 Å². The molecule has 0 aliphatic carbocycles. The molecular weight excluding hydrogens is 424 g/mol. The highest BCUT2D eigenvalue weighted by Crippen LogP contribution is 2.46. The standard InChI is InChI=1S/C20H15BrN4O3/c1-27-15-7-4-11(8-14(15)26)16-13(9-22)19(23)28-20-17(16)18(24-25-20)10-2-5-12(21)6-3-10/h2-8,16,26H,23H2,1H3,(H,24,25)/t16-/m0/s1. The minimum atomic E-state index is -0.553. The van der Waals surface area contributed by atoms with E-state index in [0.717, 1.165) is 10.0 Å². The number of allylic oxidation sites excluding steroid dienone is 1. The van der Waals surface area contributed by atoms with Crippen LogP contribution in [0.4, 0.5) is 0 Å². The fourth-order valence-electron chi connectivity index (χ4n) is 3.30. The lowest BCUT2D eigenvalue weighted by Gasteiger charge is -2.24. The predicted octanol–water partition coefficient (Wildman–Crippen LogP) is 3.77. The van der Waals surface area contributed by atoms with Crippen LogP contribution in [0.3, 0.4) is 0 Å². The van der Waals surface area contributed by atoms with Gasteiger partial charge in [-0.3, -0.25) is 5.10 Å². The fraction of sp³-hybridized carbons (Fsp3) is 0.100. The second-order valence-corrected chi connectivity index (χ2v) is 7.10. The van der Waals surface area contributed by atoms with Crippen LogP contribution in [0.1, 0.15) is 17.0 Å². The average Bonchev–Trinajstić information content (AvgIpc) is 3.10. The summed E-state index contributed by atoms with van der Waals surface area (Å²) >= 11 is 3.43. The van der Waals surface area contributed by atoms with Crippen molar-refractivity contribution in [3.8, 4) is 34.7 Å². The van der Waals surface area contributed by atoms with Crippen molar-refractivity contribution >= 4 is 15.9 Å². The van der Waals surface area contributed by atoms with Crippen molar-refractivity contribution in [2.75, 3.05) is 7.11 Å². The van der Waals surface area contributed by atoms with Gasteiger partial charge in [0.15, 0.2) is 11.5 Å². The monoisotopic (exact) mass is 438 g/mol. The highest BCUT2D eigenvalue weighted by atomic mass is 79.9. The van der Waals surface area contributed by atoms with Gasteiger partial charge in [-0.05, 0) is 29.8 Å². The topological polar surface area (TPSA) is 117 Å². The molecule has 140 valence electrons. The van der Waals surface area contributed by atoms with Crippen LogP contribution in [0.15, 0.2) is 58.4 Å². The first kappa shape index (κ1) is 17.9. The van der Waals surface area contributed by atoms with Gasteiger partial charge in [0.2, 0.25) is 11.8 Å². The molecule has 0 saturated heterocycles. The van der Waals surface area contributed by atoms with Gasteiger partial charge in [-0.15, -0.1) is 5.10 Å². The van der Waals surface area contributed by atoms with Crippen molar-refractivity contribution in [1.29, 1.82) is 5.26 Å². The summed E-state index contributed by atoms with van der Waals surface area (Å²) < 4.78 is 11.6. The fourth-order valence-corrected chi connectivity index (χ4v) is 3.57. The number of nitrogens with zero attached hydrogens (tertiary/aromatic N) is 2. The first-order valence-electron chi connectivity index (χ1n) is 8.32. The highest BCUT2D eigenvalue weighted by molar-refractivity contribution is 9.10. The van der Waals surface area contributed by atoms with Gasteiger partial charge in [0, 0.05) is 10.0 Å². The third-order valence-electron chi connectivity index (χ3n) is 4.61. The zero-order chi connectivity index (χ0) is 19.8. The lowest BCUT2D eigenvalue weighted by Crippen LogP contribution is -2.21. The molecule has 0 radical (unpaired) electrons. The van der Waals surface area contributed by atoms with Gasteiger partial charge in [0.05, 0.1) is 24.3 Å². The molecule has 2 aromatic carbocycles. The highest BCUT2D eigenvalue weighted by Gasteiger charge is 2.35. The summed E-state index contributed by atoms with van der Waals surface area (Å²) in [5, 5.41) is 27.2. The number of hydrogen-bond acceptors (Lipinski definition) is 6. The molecule has 2 heterocycles. The normalized spacial score (nSPS) is 15.5. The Morgan fingerprint density at radius 1 is 1.29 bits per heavy atom. The van der Waals surface area contributed by atoms with Gasteiger partial charge in [-0.2, -0.15) is 5.26 Å². The number of rotatable bonds is 3. The molecule has 4 N–H and O–H groups in total. The summed E-state index contributed by atoms with van der Waals surface area (Å²) in [5.74, 6) is 0.0475. The molecule has 0 spiro atoms. The molecular formula is C20H15BrN4O3. The number of nitrogens with two attached hydrogens (primary N) is 1. The van der Waals surface area contributed by atoms with E-state index < -0.39 is 5.92 Å². The van der Waals surface area contributed by atoms with Crippen LogP contribution in [0.25, 0.3) is 11.3 Å². The molecule has 1 aromatic heterocycles. The van der Waals surface area contributed by atoms with E-state index in [1.165, 1.54) is 7.11 Å². The van der Waals surface area contributed by atoms with Crippen molar-refractivity contribution in [3.05, 3.63) is 69.5 Å². The van der Waals surface area contributed by atoms with Crippen LogP contribution in [0, 0.1) is 11.3 Å². The molecule has 0 unspecified atom stereocenters. The van der Waals surface area contributed by atoms with Crippen molar-refractivity contribution in [2.45, 2.75) is 5.92 Å². The van der Waals surface area contributed by atoms with Gasteiger partial charge in [0.25, 0.3) is 0 Å². The molecule has 4 rings (SSSR count). The Balaban J connectivity index is 1.93. The minimum Gasteiger partial charge on any atom is -0.504 e. The van der Waals surface area contributed by atoms with E-state index in [4.69, 9.17) is 15.2 Å². The van der Waals surface area contributed by atoms with E-state index in [9.17, 15) is 10.4 Å². The first-order valence-corrected chi connectivity index (χ1v) is 9.11. The van der Waals surface area contributed by atoms with Crippen molar-refractivity contribution in [3.63, 3.8) is 0 Å². The van der Waals surface area contributed by atoms with Gasteiger partial charge in [-0.25, -0.2) is 0 Å². The summed E-state index contributed by atoms with van der Waals surface area (Å²) in [6.45, 7) is 0. The largest absolute Gasteiger partial charge is 0.504 e. The summed E-state index contributed by atoms with van der Waals surface area (Å²) in [5.41, 5.74) is 9.16. The van der Waals surface area contributed by atoms with E-state index in [-0.39, 0.29) is 17.2 Å². The molecule has 1 aliphatic rings. The molecule has 7 nitrogen and oxygen atoms in total. The number of hydrogen-bond donors (Lipinski definition) is 3. The number of fused-ring (bicyclic) bond motifs is 1. The number of nitrogens with one attached hydrogen (secondary N) is 1. The van der Waals surface area contributed by atoms with E-state index in [1.807, 2.05) is 24.3 Å². The first-order chi connectivity index (χ1) is 13.5. The minimum absolute atomic E-state index is 0.0100. The molecule has 0 amide bonds. The quantitative estimate of drug-likeness (QED) is 0.572. The number of aromatic nitrogens is 2. The summed E-state index contributed by atoms with van der Waals surface area (Å²) in [4.78, 5) is 0. The number of H-pyrrole nitrogens is 1. The molecule has 1 atom stereocenters. The number of nitriles is 1. The number of aromatic amines is 1. The van der Waals surface area contributed by atoms with Crippen LogP contribution in [0.2, 0.25) is 0 Å². The predicted molar refractivity (Wildman–Crippen MR) is 106 cm³/mol. The van der Waals surface area contributed by atoms with Gasteiger partial charge < -0.3 is 20.3 Å². The number of phenolic OH excluding ortho intramolecular Hbond substituents is 1. The maximum absolute atomic E-state index is 10.2. The van der Waals surface area contributed by atoms with Crippen LogP contribution >= 0.6 is 15.9 Å². The summed E-state index contributed by atoms with van der Waals surface area (Å²) in [6, 6.07) is 14.8. The van der Waals surface area contributed by atoms with Crippen molar-refractivity contribution in [2.24, 2.45) is 5.73 Å². The maximum atomic E-state index is 10.2. The Hall–Kier alpha value is -3.44. The lowest BCUT2D eigenvalue weighted by molar-refractivity contribution is 0.371. The van der Waals surface area contributed by atoms with Crippen LogP contribution in [-0.2, 0) is 0 Å². The molecule has 0 bridgehead atoms. The maximum Gasteiger partial charge on any atom is 0.244 e. The van der Waals surface area contributed by atoms with Crippen LogP contribution < -0.4 is 15.2 Å². The second-order valence-electron chi connectivity index (χ2n) is 6.18. The van der Waals surface area contributed by atoms with E-state index >= 15 is 0 Å². The number of methoxy groups -OCH3 is 1. The average molecular weight is 439 g/mol. The number of halogens is 1. The third kappa shape index (κ3) is 2.86. The Morgan fingerprint density at radius 2 is 2.04 bits per heavy atom. The Morgan fingerprint density at radius 3 is 2.68 bits per heavy atom. The Kier molecular flexibility index (Phi) is 4.45. The van der Waals surface area contributed by atoms with Crippen LogP contribution in [0.5, 0.6) is 17.4 Å². The molecule has 0 fully saturated rings. The van der Waals surface area contributed by atoms with Crippen LogP contribution in [-0.4, -0.2) is 22.4 Å². The van der Waals surface area contributed by atoms with E-state index in [2.05, 4.69) is 32.2 Å². The number of benzene rings is 2.